The van der Waals surface area contributed by atoms with E-state index in [1.807, 2.05) is 24.3 Å². The van der Waals surface area contributed by atoms with Crippen molar-refractivity contribution < 1.29 is 14.3 Å². The van der Waals surface area contributed by atoms with Crippen LogP contribution in [-0.4, -0.2) is 16.9 Å². The highest BCUT2D eigenvalue weighted by Crippen LogP contribution is 2.15. The van der Waals surface area contributed by atoms with Gasteiger partial charge in [0, 0.05) is 17.8 Å². The number of hydrogen-bond acceptors (Lipinski definition) is 3. The van der Waals surface area contributed by atoms with Crippen molar-refractivity contribution in [1.29, 1.82) is 0 Å². The van der Waals surface area contributed by atoms with Crippen LogP contribution in [0.2, 0.25) is 0 Å². The Bertz CT molecular complexity index is 494. The number of fused-ring (bicyclic) bond motifs is 1. The maximum absolute atomic E-state index is 11.4. The van der Waals surface area contributed by atoms with Gasteiger partial charge in [-0.1, -0.05) is 18.2 Å². The molecule has 2 rings (SSSR count). The fourth-order valence-electron chi connectivity index (χ4n) is 1.37. The third-order valence-electron chi connectivity index (χ3n) is 1.99. The topological polar surface area (TPSA) is 59.2 Å². The van der Waals surface area contributed by atoms with E-state index >= 15 is 0 Å². The lowest BCUT2D eigenvalue weighted by atomic mass is 10.2. The van der Waals surface area contributed by atoms with Gasteiger partial charge >= 0.3 is 11.9 Å². The Balaban J connectivity index is 2.36. The molecular weight excluding hydrogens is 194 g/mol. The van der Waals surface area contributed by atoms with E-state index < -0.39 is 11.9 Å². The SMILES string of the molecule is CC(=O)OC(=O)c1cc2ccccc2[nH]1. The molecule has 0 atom stereocenters. The number of nitrogens with one attached hydrogen (secondary N) is 1. The average molecular weight is 203 g/mol. The van der Waals surface area contributed by atoms with Crippen LogP contribution in [0.3, 0.4) is 0 Å². The number of hydrogen-bond donors (Lipinski definition) is 1. The van der Waals surface area contributed by atoms with Gasteiger partial charge in [0.15, 0.2) is 0 Å². The standard InChI is InChI=1S/C11H9NO3/c1-7(13)15-11(14)10-6-8-4-2-3-5-9(8)12-10/h2-6,12H,1H3. The lowest BCUT2D eigenvalue weighted by Crippen LogP contribution is -2.09. The van der Waals surface area contributed by atoms with Crippen molar-refractivity contribution in [2.75, 3.05) is 0 Å². The second kappa shape index (κ2) is 3.57. The van der Waals surface area contributed by atoms with E-state index in [2.05, 4.69) is 9.72 Å². The summed E-state index contributed by atoms with van der Waals surface area (Å²) < 4.78 is 4.46. The van der Waals surface area contributed by atoms with Crippen LogP contribution in [0.1, 0.15) is 17.4 Å². The zero-order chi connectivity index (χ0) is 10.8. The zero-order valence-electron chi connectivity index (χ0n) is 8.11. The van der Waals surface area contributed by atoms with Crippen molar-refractivity contribution in [1.82, 2.24) is 4.98 Å². The Morgan fingerprint density at radius 2 is 2.00 bits per heavy atom. The van der Waals surface area contributed by atoms with E-state index in [0.29, 0.717) is 0 Å². The minimum atomic E-state index is -0.654. The van der Waals surface area contributed by atoms with Gasteiger partial charge in [0.2, 0.25) is 0 Å². The second-order valence-corrected chi connectivity index (χ2v) is 3.15. The summed E-state index contributed by atoms with van der Waals surface area (Å²) in [5, 5.41) is 0.910. The fourth-order valence-corrected chi connectivity index (χ4v) is 1.37. The van der Waals surface area contributed by atoms with Gasteiger partial charge in [-0.25, -0.2) is 4.79 Å². The van der Waals surface area contributed by atoms with Crippen LogP contribution in [0, 0.1) is 0 Å². The Hall–Kier alpha value is -2.10. The molecule has 0 radical (unpaired) electrons. The number of rotatable bonds is 1. The van der Waals surface area contributed by atoms with Crippen LogP contribution in [0.4, 0.5) is 0 Å². The van der Waals surface area contributed by atoms with Crippen molar-refractivity contribution in [3.63, 3.8) is 0 Å². The smallest absolute Gasteiger partial charge is 0.362 e. The van der Waals surface area contributed by atoms with E-state index in [9.17, 15) is 9.59 Å². The molecule has 1 N–H and O–H groups in total. The van der Waals surface area contributed by atoms with Crippen LogP contribution in [0.25, 0.3) is 10.9 Å². The molecule has 0 spiro atoms. The van der Waals surface area contributed by atoms with E-state index in [0.717, 1.165) is 10.9 Å². The summed E-state index contributed by atoms with van der Waals surface area (Å²) in [5.74, 6) is -1.27. The molecule has 1 heterocycles. The number of carbonyl (C=O) groups excluding carboxylic acids is 2. The van der Waals surface area contributed by atoms with Gasteiger partial charge in [-0.2, -0.15) is 0 Å². The van der Waals surface area contributed by atoms with Gasteiger partial charge in [0.1, 0.15) is 5.69 Å². The summed E-state index contributed by atoms with van der Waals surface area (Å²) in [7, 11) is 0. The van der Waals surface area contributed by atoms with Gasteiger partial charge in [-0.15, -0.1) is 0 Å². The van der Waals surface area contributed by atoms with Crippen LogP contribution >= 0.6 is 0 Å². The predicted octanol–water partition coefficient (Wildman–Crippen LogP) is 1.87. The van der Waals surface area contributed by atoms with E-state index in [1.165, 1.54) is 6.92 Å². The normalized spacial score (nSPS) is 10.2. The summed E-state index contributed by atoms with van der Waals surface area (Å²) in [6.07, 6.45) is 0. The lowest BCUT2D eigenvalue weighted by molar-refractivity contribution is -0.135. The number of para-hydroxylation sites is 1. The fraction of sp³-hybridized carbons (Fsp3) is 0.0909. The van der Waals surface area contributed by atoms with Crippen molar-refractivity contribution in [2.24, 2.45) is 0 Å². The summed E-state index contributed by atoms with van der Waals surface area (Å²) in [4.78, 5) is 24.8. The largest absolute Gasteiger partial charge is 0.389 e. The van der Waals surface area contributed by atoms with Crippen molar-refractivity contribution in [3.8, 4) is 0 Å². The van der Waals surface area contributed by atoms with E-state index in [-0.39, 0.29) is 5.69 Å². The molecule has 0 unspecified atom stereocenters. The number of H-pyrrole nitrogens is 1. The minimum Gasteiger partial charge on any atom is -0.389 e. The molecule has 4 nitrogen and oxygen atoms in total. The number of esters is 2. The summed E-state index contributed by atoms with van der Waals surface area (Å²) in [6, 6.07) is 9.10. The molecule has 0 aliphatic carbocycles. The van der Waals surface area contributed by atoms with Gasteiger partial charge < -0.3 is 9.72 Å². The average Bonchev–Trinajstić information content (AvgIpc) is 2.59. The molecule has 1 aromatic carbocycles. The third-order valence-corrected chi connectivity index (χ3v) is 1.99. The first-order valence-electron chi connectivity index (χ1n) is 4.47. The highest BCUT2D eigenvalue weighted by Gasteiger charge is 2.12. The van der Waals surface area contributed by atoms with Gasteiger partial charge in [0.25, 0.3) is 0 Å². The first kappa shape index (κ1) is 9.45. The highest BCUT2D eigenvalue weighted by atomic mass is 16.6. The quantitative estimate of drug-likeness (QED) is 0.568. The summed E-state index contributed by atoms with van der Waals surface area (Å²) >= 11 is 0. The molecule has 1 aromatic heterocycles. The molecule has 0 fully saturated rings. The Kier molecular flexibility index (Phi) is 2.25. The second-order valence-electron chi connectivity index (χ2n) is 3.15. The van der Waals surface area contributed by atoms with Crippen LogP contribution in [0.5, 0.6) is 0 Å². The molecular formula is C11H9NO3. The Morgan fingerprint density at radius 1 is 1.27 bits per heavy atom. The summed E-state index contributed by atoms with van der Waals surface area (Å²) in [6.45, 7) is 1.19. The number of aromatic nitrogens is 1. The minimum absolute atomic E-state index is 0.284. The molecule has 0 saturated heterocycles. The molecule has 0 saturated carbocycles. The van der Waals surface area contributed by atoms with Crippen LogP contribution in [0.15, 0.2) is 30.3 Å². The predicted molar refractivity (Wildman–Crippen MR) is 54.4 cm³/mol. The van der Waals surface area contributed by atoms with Crippen molar-refractivity contribution in [2.45, 2.75) is 6.92 Å². The molecule has 0 aliphatic rings. The van der Waals surface area contributed by atoms with E-state index in [1.54, 1.807) is 6.07 Å². The molecule has 15 heavy (non-hydrogen) atoms. The molecule has 2 aromatic rings. The molecule has 4 heteroatoms. The number of ether oxygens (including phenoxy) is 1. The lowest BCUT2D eigenvalue weighted by Gasteiger charge is -1.95. The number of carbonyl (C=O) groups is 2. The first-order valence-corrected chi connectivity index (χ1v) is 4.47. The Morgan fingerprint density at radius 3 is 2.67 bits per heavy atom. The van der Waals surface area contributed by atoms with Crippen molar-refractivity contribution >= 4 is 22.8 Å². The monoisotopic (exact) mass is 203 g/mol. The Labute approximate surface area is 85.9 Å². The molecule has 0 bridgehead atoms. The molecule has 76 valence electrons. The highest BCUT2D eigenvalue weighted by molar-refractivity contribution is 5.99. The maximum Gasteiger partial charge on any atom is 0.362 e. The van der Waals surface area contributed by atoms with Gasteiger partial charge in [-0.3, -0.25) is 4.79 Å². The summed E-state index contributed by atoms with van der Waals surface area (Å²) in [5.41, 5.74) is 1.12. The number of benzene rings is 1. The van der Waals surface area contributed by atoms with Crippen LogP contribution < -0.4 is 0 Å². The zero-order valence-corrected chi connectivity index (χ0v) is 8.11. The van der Waals surface area contributed by atoms with E-state index in [4.69, 9.17) is 0 Å². The third kappa shape index (κ3) is 1.88. The van der Waals surface area contributed by atoms with Gasteiger partial charge in [-0.05, 0) is 12.1 Å². The maximum atomic E-state index is 11.4. The molecule has 0 amide bonds. The van der Waals surface area contributed by atoms with Crippen molar-refractivity contribution in [3.05, 3.63) is 36.0 Å². The van der Waals surface area contributed by atoms with Crippen LogP contribution in [-0.2, 0) is 9.53 Å². The van der Waals surface area contributed by atoms with Gasteiger partial charge in [0.05, 0.1) is 0 Å². The molecule has 0 aliphatic heterocycles. The first-order chi connectivity index (χ1) is 7.16. The number of aromatic amines is 1.